The fourth-order valence-corrected chi connectivity index (χ4v) is 1.95. The van der Waals surface area contributed by atoms with Gasteiger partial charge in [0.15, 0.2) is 0 Å². The molecule has 0 aromatic heterocycles. The van der Waals surface area contributed by atoms with Crippen molar-refractivity contribution in [1.82, 2.24) is 0 Å². The summed E-state index contributed by atoms with van der Waals surface area (Å²) in [6, 6.07) is 0. The molecule has 0 unspecified atom stereocenters. The van der Waals surface area contributed by atoms with Crippen LogP contribution < -0.4 is 0 Å². The summed E-state index contributed by atoms with van der Waals surface area (Å²) in [5.74, 6) is 0. The van der Waals surface area contributed by atoms with Crippen molar-refractivity contribution in [2.75, 3.05) is 26.7 Å². The maximum Gasteiger partial charge on any atom is 0.522 e. The Hall–Kier alpha value is -0.340. The van der Waals surface area contributed by atoms with Crippen molar-refractivity contribution in [3.05, 3.63) is 0 Å². The van der Waals surface area contributed by atoms with Crippen LogP contribution in [0.25, 0.3) is 0 Å². The Labute approximate surface area is 133 Å². The first kappa shape index (κ1) is 23.9. The van der Waals surface area contributed by atoms with E-state index in [-0.39, 0.29) is 0 Å². The van der Waals surface area contributed by atoms with Crippen LogP contribution in [-0.4, -0.2) is 49.6 Å². The smallest absolute Gasteiger partial charge is 0.326 e. The summed E-state index contributed by atoms with van der Waals surface area (Å²) in [4.78, 5) is 0. The highest BCUT2D eigenvalue weighted by molar-refractivity contribution is 7.86. The normalized spacial score (nSPS) is 12.7. The molecule has 0 aliphatic rings. The molecule has 0 aromatic rings. The second-order valence-electron chi connectivity index (χ2n) is 5.77. The fraction of sp³-hybridized carbons (Fsp3) is 1.00. The molecule has 4 nitrogen and oxygen atoms in total. The number of nitrogens with zero attached hydrogens (tertiary/aromatic N) is 1. The third kappa shape index (κ3) is 12.2. The van der Waals surface area contributed by atoms with Crippen LogP contribution in [-0.2, 0) is 10.1 Å². The molecule has 0 heterocycles. The Morgan fingerprint density at radius 1 is 0.864 bits per heavy atom. The molecule has 22 heavy (non-hydrogen) atoms. The highest BCUT2D eigenvalue weighted by Gasteiger charge is 2.44. The maximum absolute atomic E-state index is 10.7. The lowest BCUT2D eigenvalue weighted by molar-refractivity contribution is -0.910. The van der Waals surface area contributed by atoms with Crippen LogP contribution in [0, 0.1) is 0 Å². The number of quaternary nitrogens is 1. The molecule has 0 amide bonds. The Morgan fingerprint density at radius 2 is 1.09 bits per heavy atom. The van der Waals surface area contributed by atoms with Crippen LogP contribution in [0.15, 0.2) is 0 Å². The largest absolute Gasteiger partial charge is 0.522 e. The van der Waals surface area contributed by atoms with E-state index in [0.29, 0.717) is 0 Å². The molecule has 0 saturated carbocycles. The third-order valence-corrected chi connectivity index (χ3v) is 4.03. The quantitative estimate of drug-likeness (QED) is 0.385. The Balaban J connectivity index is 0. The molecule has 1 N–H and O–H groups in total. The topological polar surface area (TPSA) is 54.4 Å². The van der Waals surface area contributed by atoms with Crippen molar-refractivity contribution in [2.24, 2.45) is 0 Å². The first-order chi connectivity index (χ1) is 9.93. The molecule has 0 radical (unpaired) electrons. The summed E-state index contributed by atoms with van der Waals surface area (Å²) >= 11 is 0. The minimum atomic E-state index is -5.84. The van der Waals surface area contributed by atoms with Gasteiger partial charge in [0.25, 0.3) is 0 Å². The van der Waals surface area contributed by atoms with Crippen molar-refractivity contribution in [1.29, 1.82) is 0 Å². The zero-order chi connectivity index (χ0) is 17.9. The number of unbranched alkanes of at least 4 members (excludes halogenated alkanes) is 3. The number of halogens is 3. The molecule has 136 valence electrons. The van der Waals surface area contributed by atoms with E-state index in [0.717, 1.165) is 0 Å². The molecule has 0 aliphatic carbocycles. The van der Waals surface area contributed by atoms with Gasteiger partial charge in [-0.1, -0.05) is 40.0 Å². The molecule has 0 saturated heterocycles. The SMILES string of the molecule is CCCC[N+](C)(CCCC)CCCC.O=S(=O)(O)C(F)(F)F. The molecule has 0 atom stereocenters. The molecule has 0 aromatic carbocycles. The predicted molar refractivity (Wildman–Crippen MR) is 83.1 cm³/mol. The van der Waals surface area contributed by atoms with E-state index in [1.54, 1.807) is 0 Å². The Kier molecular flexibility index (Phi) is 12.2. The molecule has 0 aliphatic heterocycles. The monoisotopic (exact) mass is 350 g/mol. The first-order valence-corrected chi connectivity index (χ1v) is 9.24. The summed E-state index contributed by atoms with van der Waals surface area (Å²) in [6.45, 7) is 11.0. The van der Waals surface area contributed by atoms with Crippen LogP contribution in [0.1, 0.15) is 59.3 Å². The van der Waals surface area contributed by atoms with Gasteiger partial charge in [-0.25, -0.2) is 0 Å². The van der Waals surface area contributed by atoms with Crippen molar-refractivity contribution >= 4 is 10.1 Å². The predicted octanol–water partition coefficient (Wildman–Crippen LogP) is 4.23. The zero-order valence-electron chi connectivity index (χ0n) is 14.1. The van der Waals surface area contributed by atoms with Gasteiger partial charge in [0, 0.05) is 0 Å². The number of alkyl halides is 3. The first-order valence-electron chi connectivity index (χ1n) is 7.80. The van der Waals surface area contributed by atoms with Gasteiger partial charge in [0.2, 0.25) is 0 Å². The number of rotatable bonds is 9. The molecule has 0 fully saturated rings. The number of hydrogen-bond donors (Lipinski definition) is 1. The van der Waals surface area contributed by atoms with Gasteiger partial charge in [-0.2, -0.15) is 21.6 Å². The van der Waals surface area contributed by atoms with Gasteiger partial charge in [0.1, 0.15) is 0 Å². The van der Waals surface area contributed by atoms with Gasteiger partial charge in [-0.3, -0.25) is 4.55 Å². The molecule has 0 bridgehead atoms. The van der Waals surface area contributed by atoms with Crippen molar-refractivity contribution in [3.8, 4) is 0 Å². The van der Waals surface area contributed by atoms with Crippen LogP contribution in [0.5, 0.6) is 0 Å². The van der Waals surface area contributed by atoms with Crippen LogP contribution >= 0.6 is 0 Å². The molecular formula is C14H31F3NO3S+. The fourth-order valence-electron chi connectivity index (χ4n) is 1.95. The van der Waals surface area contributed by atoms with E-state index >= 15 is 0 Å². The number of hydrogen-bond acceptors (Lipinski definition) is 2. The summed E-state index contributed by atoms with van der Waals surface area (Å²) in [5.41, 5.74) is -5.53. The van der Waals surface area contributed by atoms with Gasteiger partial charge in [-0.15, -0.1) is 0 Å². The maximum atomic E-state index is 10.7. The highest BCUT2D eigenvalue weighted by Crippen LogP contribution is 2.20. The highest BCUT2D eigenvalue weighted by atomic mass is 32.2. The van der Waals surface area contributed by atoms with E-state index in [1.807, 2.05) is 0 Å². The van der Waals surface area contributed by atoms with Gasteiger partial charge in [-0.05, 0) is 19.3 Å². The average molecular weight is 350 g/mol. The third-order valence-electron chi connectivity index (χ3n) is 3.45. The summed E-state index contributed by atoms with van der Waals surface area (Å²) < 4.78 is 58.9. The van der Waals surface area contributed by atoms with Crippen molar-refractivity contribution in [2.45, 2.75) is 64.8 Å². The van der Waals surface area contributed by atoms with Crippen LogP contribution in [0.3, 0.4) is 0 Å². The Bertz CT molecular complexity index is 348. The minimum Gasteiger partial charge on any atom is -0.326 e. The summed E-state index contributed by atoms with van der Waals surface area (Å²) in [7, 11) is -3.39. The Morgan fingerprint density at radius 3 is 1.23 bits per heavy atom. The lowest BCUT2D eigenvalue weighted by Gasteiger charge is -2.34. The minimum absolute atomic E-state index is 1.32. The second kappa shape index (κ2) is 11.2. The van der Waals surface area contributed by atoms with Crippen molar-refractivity contribution < 1.29 is 30.6 Å². The van der Waals surface area contributed by atoms with E-state index in [2.05, 4.69) is 27.8 Å². The van der Waals surface area contributed by atoms with E-state index in [4.69, 9.17) is 13.0 Å². The summed E-state index contributed by atoms with van der Waals surface area (Å²) in [5, 5.41) is 0. The molecule has 0 rings (SSSR count). The zero-order valence-corrected chi connectivity index (χ0v) is 14.9. The van der Waals surface area contributed by atoms with Crippen molar-refractivity contribution in [3.63, 3.8) is 0 Å². The average Bonchev–Trinajstić information content (AvgIpc) is 2.39. The lowest BCUT2D eigenvalue weighted by Crippen LogP contribution is -2.46. The second-order valence-corrected chi connectivity index (χ2v) is 7.18. The lowest BCUT2D eigenvalue weighted by atomic mass is 10.2. The van der Waals surface area contributed by atoms with Crippen LogP contribution in [0.2, 0.25) is 0 Å². The molecule has 0 spiro atoms. The molecular weight excluding hydrogens is 319 g/mol. The molecule has 8 heteroatoms. The van der Waals surface area contributed by atoms with Gasteiger partial charge >= 0.3 is 15.6 Å². The van der Waals surface area contributed by atoms with E-state index in [9.17, 15) is 13.2 Å². The van der Waals surface area contributed by atoms with E-state index in [1.165, 1.54) is 62.6 Å². The summed E-state index contributed by atoms with van der Waals surface area (Å²) in [6.07, 6.45) is 8.20. The van der Waals surface area contributed by atoms with Crippen LogP contribution in [0.4, 0.5) is 13.2 Å². The standard InChI is InChI=1S/C13H30N.CHF3O3S/c1-5-8-11-14(4,12-9-6-2)13-10-7-3;2-1(3,4)8(5,6)7/h5-13H2,1-4H3;(H,5,6,7)/q+1;. The van der Waals surface area contributed by atoms with Gasteiger partial charge < -0.3 is 4.48 Å². The van der Waals surface area contributed by atoms with E-state index < -0.39 is 15.6 Å². The van der Waals surface area contributed by atoms with Gasteiger partial charge in [0.05, 0.1) is 26.7 Å².